The van der Waals surface area contributed by atoms with E-state index in [0.29, 0.717) is 5.56 Å². The number of hydrogen-bond donors (Lipinski definition) is 2. The number of hydrogen-bond acceptors (Lipinski definition) is 4. The van der Waals surface area contributed by atoms with Crippen LogP contribution in [0.5, 0.6) is 0 Å². The zero-order chi connectivity index (χ0) is 19.8. The molecule has 2 amide bonds. The quantitative estimate of drug-likeness (QED) is 0.546. The highest BCUT2D eigenvalue weighted by molar-refractivity contribution is 5.94. The smallest absolute Gasteiger partial charge is 0.326 e. The topological polar surface area (TPSA) is 84.5 Å². The molecule has 1 saturated carbocycles. The molecule has 0 aromatic heterocycles. The van der Waals surface area contributed by atoms with Gasteiger partial charge >= 0.3 is 5.97 Å². The lowest BCUT2D eigenvalue weighted by atomic mass is 10.1. The molecule has 0 spiro atoms. The van der Waals surface area contributed by atoms with Crippen LogP contribution in [0.15, 0.2) is 66.7 Å². The Morgan fingerprint density at radius 2 is 1.64 bits per heavy atom. The van der Waals surface area contributed by atoms with Crippen molar-refractivity contribution in [2.45, 2.75) is 25.0 Å². The molecule has 1 aliphatic carbocycles. The van der Waals surface area contributed by atoms with Gasteiger partial charge in [0.05, 0.1) is 0 Å². The van der Waals surface area contributed by atoms with Gasteiger partial charge in [0.1, 0.15) is 6.54 Å². The van der Waals surface area contributed by atoms with E-state index >= 15 is 0 Å². The number of carbonyl (C=O) groups excluding carboxylic acids is 3. The lowest BCUT2D eigenvalue weighted by Crippen LogP contribution is -2.36. The Morgan fingerprint density at radius 1 is 1.00 bits per heavy atom. The van der Waals surface area contributed by atoms with Gasteiger partial charge in [-0.1, -0.05) is 60.7 Å². The van der Waals surface area contributed by atoms with Gasteiger partial charge in [0.25, 0.3) is 5.91 Å². The van der Waals surface area contributed by atoms with Gasteiger partial charge in [0.15, 0.2) is 0 Å². The van der Waals surface area contributed by atoms with Crippen molar-refractivity contribution >= 4 is 23.9 Å². The average Bonchev–Trinajstić information content (AvgIpc) is 3.54. The number of rotatable bonds is 8. The summed E-state index contributed by atoms with van der Waals surface area (Å²) in [4.78, 5) is 36.5. The number of carbonyl (C=O) groups is 3. The second kappa shape index (κ2) is 9.50. The number of ether oxygens (including phenoxy) is 1. The van der Waals surface area contributed by atoms with E-state index in [1.807, 2.05) is 36.4 Å². The molecular formula is C22H22N2O4. The van der Waals surface area contributed by atoms with Crippen molar-refractivity contribution in [2.75, 3.05) is 6.54 Å². The molecule has 0 heterocycles. The minimum absolute atomic E-state index is 0.153. The SMILES string of the molecule is O=C(/C=C/c1ccccc1)NCC(=O)O[C@@H](C(=O)NC1CC1)c1ccccc1. The molecule has 6 heteroatoms. The van der Waals surface area contributed by atoms with Crippen LogP contribution in [0.1, 0.15) is 30.1 Å². The van der Waals surface area contributed by atoms with Crippen LogP contribution in [0, 0.1) is 0 Å². The zero-order valence-corrected chi connectivity index (χ0v) is 15.3. The molecule has 0 radical (unpaired) electrons. The molecule has 2 aromatic rings. The number of amides is 2. The highest BCUT2D eigenvalue weighted by Crippen LogP contribution is 2.23. The van der Waals surface area contributed by atoms with Gasteiger partial charge < -0.3 is 15.4 Å². The van der Waals surface area contributed by atoms with Crippen molar-refractivity contribution in [3.63, 3.8) is 0 Å². The first kappa shape index (κ1) is 19.4. The third-order valence-corrected chi connectivity index (χ3v) is 4.15. The maximum atomic E-state index is 12.4. The summed E-state index contributed by atoms with van der Waals surface area (Å²) < 4.78 is 5.35. The summed E-state index contributed by atoms with van der Waals surface area (Å²) >= 11 is 0. The van der Waals surface area contributed by atoms with E-state index in [4.69, 9.17) is 4.74 Å². The molecule has 0 saturated heterocycles. The van der Waals surface area contributed by atoms with Gasteiger partial charge in [0, 0.05) is 17.7 Å². The molecule has 0 unspecified atom stereocenters. The van der Waals surface area contributed by atoms with Gasteiger partial charge in [-0.15, -0.1) is 0 Å². The summed E-state index contributed by atoms with van der Waals surface area (Å²) in [6, 6.07) is 18.3. The first-order valence-electron chi connectivity index (χ1n) is 9.17. The second-order valence-electron chi connectivity index (χ2n) is 6.53. The third kappa shape index (κ3) is 6.09. The van der Waals surface area contributed by atoms with Crippen LogP contribution in [0.3, 0.4) is 0 Å². The summed E-state index contributed by atoms with van der Waals surface area (Å²) in [6.45, 7) is -0.321. The van der Waals surface area contributed by atoms with Crippen molar-refractivity contribution < 1.29 is 19.1 Å². The lowest BCUT2D eigenvalue weighted by Gasteiger charge is -2.18. The molecule has 0 aliphatic heterocycles. The molecule has 1 atom stereocenters. The zero-order valence-electron chi connectivity index (χ0n) is 15.3. The molecule has 0 bridgehead atoms. The van der Waals surface area contributed by atoms with Gasteiger partial charge in [-0.25, -0.2) is 0 Å². The van der Waals surface area contributed by atoms with E-state index in [9.17, 15) is 14.4 Å². The first-order valence-corrected chi connectivity index (χ1v) is 9.17. The number of nitrogens with one attached hydrogen (secondary N) is 2. The van der Waals surface area contributed by atoms with Crippen molar-refractivity contribution in [3.8, 4) is 0 Å². The normalized spacial score (nSPS) is 14.3. The fraction of sp³-hybridized carbons (Fsp3) is 0.227. The minimum Gasteiger partial charge on any atom is -0.446 e. The Bertz CT molecular complexity index is 845. The molecule has 2 aromatic carbocycles. The summed E-state index contributed by atoms with van der Waals surface area (Å²) in [7, 11) is 0. The Morgan fingerprint density at radius 3 is 2.29 bits per heavy atom. The lowest BCUT2D eigenvalue weighted by molar-refractivity contribution is -0.156. The largest absolute Gasteiger partial charge is 0.446 e. The van der Waals surface area contributed by atoms with Crippen LogP contribution in [0.2, 0.25) is 0 Å². The molecule has 2 N–H and O–H groups in total. The van der Waals surface area contributed by atoms with E-state index < -0.39 is 18.0 Å². The fourth-order valence-corrected chi connectivity index (χ4v) is 2.53. The Hall–Kier alpha value is -3.41. The maximum absolute atomic E-state index is 12.4. The van der Waals surface area contributed by atoms with E-state index in [1.165, 1.54) is 6.08 Å². The molecular weight excluding hydrogens is 356 g/mol. The molecule has 1 aliphatic rings. The Kier molecular flexibility index (Phi) is 6.57. The van der Waals surface area contributed by atoms with Crippen LogP contribution >= 0.6 is 0 Å². The Balaban J connectivity index is 1.53. The van der Waals surface area contributed by atoms with Gasteiger partial charge in [-0.2, -0.15) is 0 Å². The fourth-order valence-electron chi connectivity index (χ4n) is 2.53. The van der Waals surface area contributed by atoms with Gasteiger partial charge in [-0.05, 0) is 24.5 Å². The minimum atomic E-state index is -1.04. The summed E-state index contributed by atoms with van der Waals surface area (Å²) in [5.74, 6) is -1.45. The van der Waals surface area contributed by atoms with E-state index in [1.54, 1.807) is 30.3 Å². The summed E-state index contributed by atoms with van der Waals surface area (Å²) in [5, 5.41) is 5.32. The van der Waals surface area contributed by atoms with Crippen molar-refractivity contribution in [1.29, 1.82) is 0 Å². The van der Waals surface area contributed by atoms with Crippen molar-refractivity contribution in [1.82, 2.24) is 10.6 Å². The van der Waals surface area contributed by atoms with Crippen LogP contribution in [0.25, 0.3) is 6.08 Å². The molecule has 1 fully saturated rings. The van der Waals surface area contributed by atoms with E-state index in [2.05, 4.69) is 10.6 Å². The summed E-state index contributed by atoms with van der Waals surface area (Å²) in [5.41, 5.74) is 1.46. The number of benzene rings is 2. The molecule has 6 nitrogen and oxygen atoms in total. The van der Waals surface area contributed by atoms with Crippen molar-refractivity contribution in [2.24, 2.45) is 0 Å². The third-order valence-electron chi connectivity index (χ3n) is 4.15. The molecule has 28 heavy (non-hydrogen) atoms. The average molecular weight is 378 g/mol. The Labute approximate surface area is 163 Å². The van der Waals surface area contributed by atoms with Crippen molar-refractivity contribution in [3.05, 3.63) is 77.9 Å². The molecule has 3 rings (SSSR count). The highest BCUT2D eigenvalue weighted by atomic mass is 16.5. The predicted molar refractivity (Wildman–Crippen MR) is 105 cm³/mol. The van der Waals surface area contributed by atoms with Crippen LogP contribution < -0.4 is 10.6 Å². The monoisotopic (exact) mass is 378 g/mol. The summed E-state index contributed by atoms with van der Waals surface area (Å²) in [6.07, 6.45) is 3.83. The first-order chi connectivity index (χ1) is 13.6. The van der Waals surface area contributed by atoms with E-state index in [0.717, 1.165) is 18.4 Å². The molecule has 144 valence electrons. The van der Waals surface area contributed by atoms with Crippen LogP contribution in [0.4, 0.5) is 0 Å². The second-order valence-corrected chi connectivity index (χ2v) is 6.53. The standard InChI is InChI=1S/C22H22N2O4/c25-19(14-11-16-7-3-1-4-8-16)23-15-20(26)28-21(17-9-5-2-6-10-17)22(27)24-18-12-13-18/h1-11,14,18,21H,12-13,15H2,(H,23,25)(H,24,27)/b14-11+/t21-/m1/s1. The van der Waals surface area contributed by atoms with Gasteiger partial charge in [-0.3, -0.25) is 14.4 Å². The predicted octanol–water partition coefficient (Wildman–Crippen LogP) is 2.38. The van der Waals surface area contributed by atoms with Crippen LogP contribution in [-0.2, 0) is 19.1 Å². The van der Waals surface area contributed by atoms with E-state index in [-0.39, 0.29) is 18.5 Å². The van der Waals surface area contributed by atoms with Gasteiger partial charge in [0.2, 0.25) is 12.0 Å². The maximum Gasteiger partial charge on any atom is 0.326 e. The number of esters is 1. The highest BCUT2D eigenvalue weighted by Gasteiger charge is 2.30. The van der Waals surface area contributed by atoms with Crippen LogP contribution in [-0.4, -0.2) is 30.4 Å².